The molecule has 0 bridgehead atoms. The Morgan fingerprint density at radius 1 is 0.930 bits per heavy atom. The van der Waals surface area contributed by atoms with Gasteiger partial charge in [-0.25, -0.2) is 4.79 Å². The van der Waals surface area contributed by atoms with E-state index in [9.17, 15) is 19.2 Å². The number of rotatable bonds is 13. The number of anilines is 1. The Morgan fingerprint density at radius 2 is 1.65 bits per heavy atom. The van der Waals surface area contributed by atoms with E-state index in [-0.39, 0.29) is 37.9 Å². The van der Waals surface area contributed by atoms with Crippen molar-refractivity contribution in [3.8, 4) is 0 Å². The van der Waals surface area contributed by atoms with Crippen LogP contribution in [0.15, 0.2) is 78.9 Å². The number of hydrogen-bond donors (Lipinski definition) is 3. The van der Waals surface area contributed by atoms with E-state index in [2.05, 4.69) is 16.0 Å². The second-order valence-electron chi connectivity index (χ2n) is 9.63. The van der Waals surface area contributed by atoms with Gasteiger partial charge in [0.2, 0.25) is 5.91 Å². The number of benzene rings is 3. The van der Waals surface area contributed by atoms with E-state index in [1.54, 1.807) is 42.5 Å². The summed E-state index contributed by atoms with van der Waals surface area (Å²) in [6.45, 7) is 0.247. The number of aryl methyl sites for hydroxylation is 1. The summed E-state index contributed by atoms with van der Waals surface area (Å²) in [5, 5.41) is 9.88. The normalized spacial score (nSPS) is 11.4. The quantitative estimate of drug-likeness (QED) is 0.122. The van der Waals surface area contributed by atoms with Crippen LogP contribution in [0.4, 0.5) is 10.5 Å². The van der Waals surface area contributed by atoms with Gasteiger partial charge in [-0.1, -0.05) is 66.2 Å². The van der Waals surface area contributed by atoms with Crippen molar-refractivity contribution in [3.63, 3.8) is 0 Å². The molecule has 0 radical (unpaired) electrons. The lowest BCUT2D eigenvalue weighted by Crippen LogP contribution is -2.44. The molecule has 4 rings (SSSR count). The van der Waals surface area contributed by atoms with Crippen LogP contribution >= 0.6 is 22.9 Å². The fraction of sp³-hybridized carbons (Fsp3) is 0.250. The second kappa shape index (κ2) is 15.7. The first-order valence-electron chi connectivity index (χ1n) is 13.7. The topological polar surface area (TPSA) is 123 Å². The molecule has 0 aliphatic rings. The van der Waals surface area contributed by atoms with Gasteiger partial charge in [-0.15, -0.1) is 11.3 Å². The SMILES string of the molecule is COC(=O)CCc1ccccc1NC(=O)[C@H](CCCNC(=O)OCc1ccccc1Cl)NC(=O)c1cc2ccccc2s1. The lowest BCUT2D eigenvalue weighted by atomic mass is 10.1. The average Bonchev–Trinajstić information content (AvgIpc) is 3.46. The van der Waals surface area contributed by atoms with Crippen molar-refractivity contribution in [2.24, 2.45) is 0 Å². The van der Waals surface area contributed by atoms with Gasteiger partial charge in [0, 0.05) is 33.9 Å². The van der Waals surface area contributed by atoms with Gasteiger partial charge in [0.05, 0.1) is 12.0 Å². The summed E-state index contributed by atoms with van der Waals surface area (Å²) in [5.41, 5.74) is 1.99. The van der Waals surface area contributed by atoms with Gasteiger partial charge in [0.15, 0.2) is 0 Å². The van der Waals surface area contributed by atoms with E-state index >= 15 is 0 Å². The summed E-state index contributed by atoms with van der Waals surface area (Å²) in [6.07, 6.45) is 0.554. The molecule has 3 aromatic carbocycles. The molecule has 1 aromatic heterocycles. The zero-order valence-corrected chi connectivity index (χ0v) is 25.1. The number of ether oxygens (including phenoxy) is 2. The minimum atomic E-state index is -0.896. The molecule has 0 unspecified atom stereocenters. The number of para-hydroxylation sites is 1. The minimum Gasteiger partial charge on any atom is -0.469 e. The number of alkyl carbamates (subject to hydrolysis) is 1. The van der Waals surface area contributed by atoms with Crippen molar-refractivity contribution < 1.29 is 28.7 Å². The third-order valence-corrected chi connectivity index (χ3v) is 8.11. The van der Waals surface area contributed by atoms with Gasteiger partial charge in [-0.3, -0.25) is 14.4 Å². The Kier molecular flexibility index (Phi) is 11.5. The van der Waals surface area contributed by atoms with Gasteiger partial charge in [0.25, 0.3) is 5.91 Å². The highest BCUT2D eigenvalue weighted by Crippen LogP contribution is 2.25. The lowest BCUT2D eigenvalue weighted by Gasteiger charge is -2.19. The molecule has 0 aliphatic carbocycles. The molecule has 3 amide bonds. The molecule has 1 atom stereocenters. The minimum absolute atomic E-state index is 0.0249. The molecule has 9 nitrogen and oxygen atoms in total. The highest BCUT2D eigenvalue weighted by Gasteiger charge is 2.23. The Labute approximate surface area is 258 Å². The third-order valence-electron chi connectivity index (χ3n) is 6.63. The van der Waals surface area contributed by atoms with Crippen molar-refractivity contribution in [3.05, 3.63) is 99.9 Å². The number of amides is 3. The van der Waals surface area contributed by atoms with Gasteiger partial charge in [-0.05, 0) is 54.5 Å². The molecule has 0 saturated heterocycles. The maximum atomic E-state index is 13.5. The highest BCUT2D eigenvalue weighted by atomic mass is 35.5. The van der Waals surface area contributed by atoms with Gasteiger partial charge < -0.3 is 25.4 Å². The first-order chi connectivity index (χ1) is 20.8. The van der Waals surface area contributed by atoms with Crippen LogP contribution in [0.1, 0.15) is 40.1 Å². The third kappa shape index (κ3) is 9.29. The van der Waals surface area contributed by atoms with E-state index in [0.29, 0.717) is 34.0 Å². The van der Waals surface area contributed by atoms with Crippen LogP contribution in [0.2, 0.25) is 5.02 Å². The Hall–Kier alpha value is -4.41. The first-order valence-corrected chi connectivity index (χ1v) is 14.9. The molecule has 4 aromatic rings. The van der Waals surface area contributed by atoms with E-state index in [0.717, 1.165) is 15.6 Å². The summed E-state index contributed by atoms with van der Waals surface area (Å²) in [6, 6.07) is 22.8. The molecule has 43 heavy (non-hydrogen) atoms. The molecule has 224 valence electrons. The maximum Gasteiger partial charge on any atom is 0.407 e. The van der Waals surface area contributed by atoms with Crippen LogP contribution in [0, 0.1) is 0 Å². The van der Waals surface area contributed by atoms with Crippen molar-refractivity contribution in [2.45, 2.75) is 38.3 Å². The number of carbonyl (C=O) groups excluding carboxylic acids is 4. The van der Waals surface area contributed by atoms with Crippen LogP contribution in [-0.2, 0) is 32.1 Å². The maximum absolute atomic E-state index is 13.5. The fourth-order valence-corrected chi connectivity index (χ4v) is 5.47. The highest BCUT2D eigenvalue weighted by molar-refractivity contribution is 7.20. The molecule has 0 fully saturated rings. The number of nitrogens with one attached hydrogen (secondary N) is 3. The van der Waals surface area contributed by atoms with Crippen LogP contribution in [0.3, 0.4) is 0 Å². The van der Waals surface area contributed by atoms with Crippen molar-refractivity contribution >= 4 is 62.6 Å². The van der Waals surface area contributed by atoms with Crippen LogP contribution in [0.5, 0.6) is 0 Å². The number of halogens is 1. The monoisotopic (exact) mass is 621 g/mol. The first kappa shape index (κ1) is 31.5. The second-order valence-corrected chi connectivity index (χ2v) is 11.1. The summed E-state index contributed by atoms with van der Waals surface area (Å²) in [7, 11) is 1.33. The zero-order valence-electron chi connectivity index (χ0n) is 23.6. The summed E-state index contributed by atoms with van der Waals surface area (Å²) < 4.78 is 10.9. The number of carbonyl (C=O) groups is 4. The van der Waals surface area contributed by atoms with Crippen molar-refractivity contribution in [1.29, 1.82) is 0 Å². The number of esters is 1. The predicted octanol–water partition coefficient (Wildman–Crippen LogP) is 6.10. The number of thiophene rings is 1. The Balaban J connectivity index is 1.39. The van der Waals surface area contributed by atoms with Crippen LogP contribution in [-0.4, -0.2) is 43.6 Å². The number of hydrogen-bond acceptors (Lipinski definition) is 7. The van der Waals surface area contributed by atoms with Gasteiger partial charge in [-0.2, -0.15) is 0 Å². The molecule has 0 saturated carbocycles. The fourth-order valence-electron chi connectivity index (χ4n) is 4.32. The largest absolute Gasteiger partial charge is 0.469 e. The number of methoxy groups -OCH3 is 1. The lowest BCUT2D eigenvalue weighted by molar-refractivity contribution is -0.140. The summed E-state index contributed by atoms with van der Waals surface area (Å²) in [5.74, 6) is -1.14. The summed E-state index contributed by atoms with van der Waals surface area (Å²) >= 11 is 7.45. The molecular weight excluding hydrogens is 590 g/mol. The molecule has 1 heterocycles. The summed E-state index contributed by atoms with van der Waals surface area (Å²) in [4.78, 5) is 51.1. The van der Waals surface area contributed by atoms with Crippen molar-refractivity contribution in [2.75, 3.05) is 19.0 Å². The molecular formula is C32H32ClN3O6S. The molecule has 11 heteroatoms. The smallest absolute Gasteiger partial charge is 0.407 e. The van der Waals surface area contributed by atoms with Crippen LogP contribution in [0.25, 0.3) is 10.1 Å². The average molecular weight is 622 g/mol. The van der Waals surface area contributed by atoms with E-state index in [1.807, 2.05) is 36.4 Å². The van der Waals surface area contributed by atoms with E-state index in [1.165, 1.54) is 18.4 Å². The van der Waals surface area contributed by atoms with Crippen molar-refractivity contribution in [1.82, 2.24) is 10.6 Å². The zero-order chi connectivity index (χ0) is 30.6. The molecule has 0 spiro atoms. The van der Waals surface area contributed by atoms with Gasteiger partial charge in [0.1, 0.15) is 12.6 Å². The van der Waals surface area contributed by atoms with E-state index < -0.39 is 18.0 Å². The number of fused-ring (bicyclic) bond motifs is 1. The Morgan fingerprint density at radius 3 is 2.42 bits per heavy atom. The van der Waals surface area contributed by atoms with Crippen LogP contribution < -0.4 is 16.0 Å². The molecule has 3 N–H and O–H groups in total. The Bertz CT molecular complexity index is 1560. The predicted molar refractivity (Wildman–Crippen MR) is 167 cm³/mol. The standard InChI is InChI=1S/C32H32ClN3O6S/c1-41-29(37)17-16-21-9-3-6-13-25(21)35-30(38)26(36-31(39)28-19-22-10-4-7-15-27(22)43-28)14-8-18-34-32(40)42-20-23-11-2-5-12-24(23)33/h2-7,9-13,15,19,26H,8,14,16-18,20H2,1H3,(H,34,40)(H,35,38)(H,36,39)/t26-/m0/s1. The van der Waals surface area contributed by atoms with Gasteiger partial charge >= 0.3 is 12.1 Å². The molecule has 0 aliphatic heterocycles. The van der Waals surface area contributed by atoms with E-state index in [4.69, 9.17) is 21.1 Å².